The number of rotatable bonds is 8. The molecule has 140 valence electrons. The normalized spacial score (nSPS) is 16.7. The summed E-state index contributed by atoms with van der Waals surface area (Å²) >= 11 is 0. The van der Waals surface area contributed by atoms with Gasteiger partial charge in [-0.15, -0.1) is 0 Å². The number of aromatic nitrogens is 4. The van der Waals surface area contributed by atoms with Gasteiger partial charge >= 0.3 is 0 Å². The van der Waals surface area contributed by atoms with E-state index >= 15 is 0 Å². The van der Waals surface area contributed by atoms with Crippen LogP contribution in [0, 0.1) is 13.8 Å². The predicted octanol–water partition coefficient (Wildman–Crippen LogP) is 1.45. The Morgan fingerprint density at radius 3 is 2.58 bits per heavy atom. The second kappa shape index (κ2) is 8.86. The van der Waals surface area contributed by atoms with E-state index in [0.717, 1.165) is 41.8 Å². The molecule has 0 radical (unpaired) electrons. The van der Waals surface area contributed by atoms with Crippen LogP contribution in [0.4, 0.5) is 11.8 Å². The highest BCUT2D eigenvalue weighted by atomic mass is 16.5. The van der Waals surface area contributed by atoms with Gasteiger partial charge in [0, 0.05) is 49.5 Å². The molecule has 0 aromatic carbocycles. The Morgan fingerprint density at radius 2 is 1.88 bits per heavy atom. The average molecular weight is 358 g/mol. The molecule has 0 saturated carbocycles. The molecule has 0 aliphatic carbocycles. The highest BCUT2D eigenvalue weighted by molar-refractivity contribution is 5.43. The van der Waals surface area contributed by atoms with Gasteiger partial charge in [-0.2, -0.15) is 4.98 Å². The fourth-order valence-electron chi connectivity index (χ4n) is 2.99. The molecule has 1 aliphatic heterocycles. The number of hydrogen-bond donors (Lipinski definition) is 3. The third-order valence-corrected chi connectivity index (χ3v) is 4.17. The summed E-state index contributed by atoms with van der Waals surface area (Å²) in [5.74, 6) is 2.39. The zero-order chi connectivity index (χ0) is 18.4. The first-order valence-corrected chi connectivity index (χ1v) is 9.00. The van der Waals surface area contributed by atoms with Gasteiger partial charge in [0.25, 0.3) is 0 Å². The van der Waals surface area contributed by atoms with Gasteiger partial charge in [-0.25, -0.2) is 15.0 Å². The van der Waals surface area contributed by atoms with Gasteiger partial charge in [0.2, 0.25) is 5.95 Å². The maximum Gasteiger partial charge on any atom is 0.224 e. The number of nitrogens with one attached hydrogen (secondary N) is 2. The molecule has 2 aromatic rings. The van der Waals surface area contributed by atoms with Crippen LogP contribution in [0.3, 0.4) is 0 Å². The van der Waals surface area contributed by atoms with E-state index in [1.807, 2.05) is 26.0 Å². The quantitative estimate of drug-likeness (QED) is 0.651. The molecule has 0 bridgehead atoms. The van der Waals surface area contributed by atoms with Crippen LogP contribution < -0.4 is 10.6 Å². The Hall–Kier alpha value is -2.32. The van der Waals surface area contributed by atoms with Gasteiger partial charge in [0.05, 0.1) is 18.9 Å². The number of hydrogen-bond acceptors (Lipinski definition) is 8. The first-order valence-electron chi connectivity index (χ1n) is 9.00. The highest BCUT2D eigenvalue weighted by Crippen LogP contribution is 2.26. The lowest BCUT2D eigenvalue weighted by molar-refractivity contribution is 0.193. The lowest BCUT2D eigenvalue weighted by Gasteiger charge is -2.13. The van der Waals surface area contributed by atoms with Crippen molar-refractivity contribution in [3.8, 4) is 0 Å². The number of aliphatic hydroxyl groups is 1. The smallest absolute Gasteiger partial charge is 0.224 e. The molecule has 0 unspecified atom stereocenters. The van der Waals surface area contributed by atoms with Crippen LogP contribution in [-0.4, -0.2) is 58.0 Å². The molecule has 1 atom stereocenters. The summed E-state index contributed by atoms with van der Waals surface area (Å²) in [4.78, 5) is 18.0. The second-order valence-electron chi connectivity index (χ2n) is 6.46. The second-order valence-corrected chi connectivity index (χ2v) is 6.46. The third-order valence-electron chi connectivity index (χ3n) is 4.17. The molecule has 26 heavy (non-hydrogen) atoms. The molecule has 0 amide bonds. The molecule has 1 saturated heterocycles. The Bertz CT molecular complexity index is 713. The van der Waals surface area contributed by atoms with E-state index < -0.39 is 0 Å². The number of nitrogens with zero attached hydrogens (tertiary/aromatic N) is 4. The Morgan fingerprint density at radius 1 is 1.08 bits per heavy atom. The Labute approximate surface area is 153 Å². The lowest BCUT2D eigenvalue weighted by Crippen LogP contribution is -2.15. The van der Waals surface area contributed by atoms with Crippen LogP contribution in [0.5, 0.6) is 0 Å². The minimum absolute atomic E-state index is 0.0347. The molecule has 3 heterocycles. The van der Waals surface area contributed by atoms with Crippen LogP contribution in [0.1, 0.15) is 35.2 Å². The summed E-state index contributed by atoms with van der Waals surface area (Å²) in [5.41, 5.74) is 2.92. The number of aliphatic hydroxyl groups excluding tert-OH is 1. The topological polar surface area (TPSA) is 105 Å². The summed E-state index contributed by atoms with van der Waals surface area (Å²) in [5, 5.41) is 15.4. The van der Waals surface area contributed by atoms with Crippen molar-refractivity contribution in [3.63, 3.8) is 0 Å². The van der Waals surface area contributed by atoms with Gasteiger partial charge in [0.1, 0.15) is 11.6 Å². The summed E-state index contributed by atoms with van der Waals surface area (Å²) < 4.78 is 5.48. The van der Waals surface area contributed by atoms with Crippen LogP contribution in [0.2, 0.25) is 0 Å². The SMILES string of the molecule is Cc1cc(C)nc(CCNc2cc([C@@H]3CCOC3)nc(NCCO)n2)n1. The first-order chi connectivity index (χ1) is 12.6. The summed E-state index contributed by atoms with van der Waals surface area (Å²) in [6.45, 7) is 6.54. The molecule has 3 rings (SSSR count). The molecule has 8 nitrogen and oxygen atoms in total. The molecule has 0 spiro atoms. The van der Waals surface area contributed by atoms with E-state index in [2.05, 4.69) is 30.6 Å². The molecule has 1 aliphatic rings. The van der Waals surface area contributed by atoms with E-state index in [0.29, 0.717) is 32.1 Å². The van der Waals surface area contributed by atoms with Gasteiger partial charge in [-0.1, -0.05) is 0 Å². The molecule has 8 heteroatoms. The first kappa shape index (κ1) is 18.5. The zero-order valence-corrected chi connectivity index (χ0v) is 15.3. The molecule has 3 N–H and O–H groups in total. The van der Waals surface area contributed by atoms with E-state index in [1.54, 1.807) is 0 Å². The Balaban J connectivity index is 1.67. The van der Waals surface area contributed by atoms with E-state index in [9.17, 15) is 0 Å². The number of ether oxygens (including phenoxy) is 1. The van der Waals surface area contributed by atoms with Crippen LogP contribution >= 0.6 is 0 Å². The average Bonchev–Trinajstić information content (AvgIpc) is 3.14. The molecule has 2 aromatic heterocycles. The minimum atomic E-state index is 0.0347. The molecular weight excluding hydrogens is 332 g/mol. The van der Waals surface area contributed by atoms with Crippen molar-refractivity contribution in [2.75, 3.05) is 43.5 Å². The van der Waals surface area contributed by atoms with Gasteiger partial charge in [-0.05, 0) is 26.3 Å². The summed E-state index contributed by atoms with van der Waals surface area (Å²) in [6.07, 6.45) is 1.68. The summed E-state index contributed by atoms with van der Waals surface area (Å²) in [7, 11) is 0. The summed E-state index contributed by atoms with van der Waals surface area (Å²) in [6, 6.07) is 3.95. The van der Waals surface area contributed by atoms with Crippen molar-refractivity contribution in [1.82, 2.24) is 19.9 Å². The van der Waals surface area contributed by atoms with E-state index in [4.69, 9.17) is 9.84 Å². The third kappa shape index (κ3) is 5.09. The van der Waals surface area contributed by atoms with Crippen molar-refractivity contribution in [2.24, 2.45) is 0 Å². The van der Waals surface area contributed by atoms with E-state index in [1.165, 1.54) is 0 Å². The van der Waals surface area contributed by atoms with Crippen molar-refractivity contribution in [3.05, 3.63) is 35.0 Å². The van der Waals surface area contributed by atoms with Gasteiger partial charge in [-0.3, -0.25) is 0 Å². The number of anilines is 2. The maximum absolute atomic E-state index is 9.02. The lowest BCUT2D eigenvalue weighted by atomic mass is 10.0. The van der Waals surface area contributed by atoms with Crippen LogP contribution in [-0.2, 0) is 11.2 Å². The van der Waals surface area contributed by atoms with Gasteiger partial charge < -0.3 is 20.5 Å². The standard InChI is InChI=1S/C18H26N6O2/c1-12-9-13(2)22-16(21-12)3-5-19-17-10-15(14-4-8-26-11-14)23-18(24-17)20-6-7-25/h9-10,14,25H,3-8,11H2,1-2H3,(H2,19,20,23,24)/t14-/m1/s1. The predicted molar refractivity (Wildman–Crippen MR) is 99.5 cm³/mol. The maximum atomic E-state index is 9.02. The van der Waals surface area contributed by atoms with Gasteiger partial charge in [0.15, 0.2) is 0 Å². The highest BCUT2D eigenvalue weighted by Gasteiger charge is 2.20. The monoisotopic (exact) mass is 358 g/mol. The fourth-order valence-corrected chi connectivity index (χ4v) is 2.99. The largest absolute Gasteiger partial charge is 0.395 e. The van der Waals surface area contributed by atoms with Crippen LogP contribution in [0.15, 0.2) is 12.1 Å². The van der Waals surface area contributed by atoms with Crippen molar-refractivity contribution in [2.45, 2.75) is 32.6 Å². The van der Waals surface area contributed by atoms with E-state index in [-0.39, 0.29) is 12.5 Å². The fraction of sp³-hybridized carbons (Fsp3) is 0.556. The van der Waals surface area contributed by atoms with Crippen molar-refractivity contribution in [1.29, 1.82) is 0 Å². The minimum Gasteiger partial charge on any atom is -0.395 e. The Kier molecular flexibility index (Phi) is 6.30. The molecular formula is C18H26N6O2. The van der Waals surface area contributed by atoms with Crippen LogP contribution in [0.25, 0.3) is 0 Å². The zero-order valence-electron chi connectivity index (χ0n) is 15.3. The van der Waals surface area contributed by atoms with Crippen molar-refractivity contribution < 1.29 is 9.84 Å². The number of aryl methyl sites for hydroxylation is 2. The van der Waals surface area contributed by atoms with Crippen molar-refractivity contribution >= 4 is 11.8 Å². The molecule has 1 fully saturated rings.